The number of urea groups is 1. The van der Waals surface area contributed by atoms with Gasteiger partial charge in [-0.25, -0.2) is 4.79 Å². The molecule has 138 valence electrons. The van der Waals surface area contributed by atoms with Crippen LogP contribution in [0.25, 0.3) is 0 Å². The van der Waals surface area contributed by atoms with Crippen molar-refractivity contribution < 1.29 is 9.53 Å². The Bertz CT molecular complexity index is 910. The molecule has 3 aromatic rings. The van der Waals surface area contributed by atoms with Crippen molar-refractivity contribution in [2.24, 2.45) is 0 Å². The molecule has 0 aliphatic rings. The van der Waals surface area contributed by atoms with Crippen LogP contribution in [0.3, 0.4) is 0 Å². The fourth-order valence-corrected chi connectivity index (χ4v) is 2.61. The zero-order valence-electron chi connectivity index (χ0n) is 15.5. The standard InChI is InChI=1S/C22H23N3O2/c1-16-9-10-17(2)21(12-16)25-22(26)24-14-18-6-5-8-20(13-18)27-15-19-7-3-4-11-23-19/h3-13H,14-15H2,1-2H3,(H2,24,25,26). The van der Waals surface area contributed by atoms with Gasteiger partial charge in [0.15, 0.2) is 0 Å². The summed E-state index contributed by atoms with van der Waals surface area (Å²) in [5, 5.41) is 5.77. The van der Waals surface area contributed by atoms with E-state index in [9.17, 15) is 4.79 Å². The van der Waals surface area contributed by atoms with Gasteiger partial charge in [0.25, 0.3) is 0 Å². The van der Waals surface area contributed by atoms with E-state index in [0.717, 1.165) is 33.8 Å². The van der Waals surface area contributed by atoms with Crippen molar-refractivity contribution in [2.75, 3.05) is 5.32 Å². The normalized spacial score (nSPS) is 10.3. The lowest BCUT2D eigenvalue weighted by molar-refractivity contribution is 0.251. The second-order valence-electron chi connectivity index (χ2n) is 6.38. The second-order valence-corrected chi connectivity index (χ2v) is 6.38. The molecule has 0 aliphatic carbocycles. The number of pyridine rings is 1. The number of carbonyl (C=O) groups excluding carboxylic acids is 1. The van der Waals surface area contributed by atoms with Crippen LogP contribution in [0.15, 0.2) is 66.9 Å². The van der Waals surface area contributed by atoms with Gasteiger partial charge in [0.2, 0.25) is 0 Å². The molecule has 0 saturated heterocycles. The molecule has 0 unspecified atom stereocenters. The summed E-state index contributed by atoms with van der Waals surface area (Å²) in [5.74, 6) is 0.745. The number of nitrogens with zero attached hydrogens (tertiary/aromatic N) is 1. The number of aromatic nitrogens is 1. The van der Waals surface area contributed by atoms with Crippen molar-refractivity contribution in [3.8, 4) is 5.75 Å². The number of benzene rings is 2. The summed E-state index contributed by atoms with van der Waals surface area (Å²) in [4.78, 5) is 16.4. The molecule has 2 N–H and O–H groups in total. The van der Waals surface area contributed by atoms with E-state index in [-0.39, 0.29) is 6.03 Å². The molecule has 0 aliphatic heterocycles. The van der Waals surface area contributed by atoms with Gasteiger partial charge in [0, 0.05) is 18.4 Å². The minimum Gasteiger partial charge on any atom is -0.487 e. The highest BCUT2D eigenvalue weighted by atomic mass is 16.5. The SMILES string of the molecule is Cc1ccc(C)c(NC(=O)NCc2cccc(OCc3ccccn3)c2)c1. The van der Waals surface area contributed by atoms with Crippen LogP contribution in [-0.4, -0.2) is 11.0 Å². The van der Waals surface area contributed by atoms with Crippen molar-refractivity contribution >= 4 is 11.7 Å². The van der Waals surface area contributed by atoms with Gasteiger partial charge in [-0.2, -0.15) is 0 Å². The van der Waals surface area contributed by atoms with Gasteiger partial charge in [0.1, 0.15) is 12.4 Å². The first-order chi connectivity index (χ1) is 13.1. The van der Waals surface area contributed by atoms with Gasteiger partial charge >= 0.3 is 6.03 Å². The Kier molecular flexibility index (Phi) is 6.05. The maximum absolute atomic E-state index is 12.2. The average molecular weight is 361 g/mol. The van der Waals surface area contributed by atoms with Gasteiger partial charge in [-0.05, 0) is 60.9 Å². The van der Waals surface area contributed by atoms with Crippen molar-refractivity contribution in [1.82, 2.24) is 10.3 Å². The van der Waals surface area contributed by atoms with Crippen LogP contribution in [0.1, 0.15) is 22.4 Å². The van der Waals surface area contributed by atoms with Gasteiger partial charge in [-0.1, -0.05) is 30.3 Å². The number of aryl methyl sites for hydroxylation is 2. The summed E-state index contributed by atoms with van der Waals surface area (Å²) in [6.07, 6.45) is 1.74. The third-order valence-corrected chi connectivity index (χ3v) is 4.11. The third-order valence-electron chi connectivity index (χ3n) is 4.11. The van der Waals surface area contributed by atoms with Crippen molar-refractivity contribution in [3.05, 3.63) is 89.2 Å². The first kappa shape index (κ1) is 18.5. The maximum Gasteiger partial charge on any atom is 0.319 e. The van der Waals surface area contributed by atoms with Crippen LogP contribution in [-0.2, 0) is 13.2 Å². The van der Waals surface area contributed by atoms with Crippen LogP contribution in [0.4, 0.5) is 10.5 Å². The Hall–Kier alpha value is -3.34. The average Bonchev–Trinajstić information content (AvgIpc) is 2.69. The molecule has 0 radical (unpaired) electrons. The number of hydrogen-bond acceptors (Lipinski definition) is 3. The van der Waals surface area contributed by atoms with Crippen molar-refractivity contribution in [3.63, 3.8) is 0 Å². The van der Waals surface area contributed by atoms with Gasteiger partial charge < -0.3 is 15.4 Å². The second kappa shape index (κ2) is 8.85. The number of anilines is 1. The zero-order valence-corrected chi connectivity index (χ0v) is 15.5. The van der Waals surface area contributed by atoms with Crippen LogP contribution in [0.5, 0.6) is 5.75 Å². The van der Waals surface area contributed by atoms with Crippen LogP contribution >= 0.6 is 0 Å². The lowest BCUT2D eigenvalue weighted by Crippen LogP contribution is -2.28. The molecule has 2 amide bonds. The largest absolute Gasteiger partial charge is 0.487 e. The molecule has 27 heavy (non-hydrogen) atoms. The minimum atomic E-state index is -0.233. The summed E-state index contributed by atoms with van der Waals surface area (Å²) in [7, 11) is 0. The first-order valence-corrected chi connectivity index (χ1v) is 8.84. The summed E-state index contributed by atoms with van der Waals surface area (Å²) < 4.78 is 5.77. The first-order valence-electron chi connectivity index (χ1n) is 8.84. The quantitative estimate of drug-likeness (QED) is 0.674. The van der Waals surface area contributed by atoms with E-state index < -0.39 is 0 Å². The summed E-state index contributed by atoms with van der Waals surface area (Å²) in [6.45, 7) is 4.79. The highest BCUT2D eigenvalue weighted by molar-refractivity contribution is 5.90. The van der Waals surface area contributed by atoms with E-state index in [1.54, 1.807) is 6.20 Å². The molecule has 3 rings (SSSR count). The molecule has 0 bridgehead atoms. The van der Waals surface area contributed by atoms with Crippen LogP contribution in [0.2, 0.25) is 0 Å². The van der Waals surface area contributed by atoms with Gasteiger partial charge in [-0.3, -0.25) is 4.98 Å². The Morgan fingerprint density at radius 2 is 1.93 bits per heavy atom. The van der Waals surface area contributed by atoms with Crippen molar-refractivity contribution in [1.29, 1.82) is 0 Å². The molecule has 1 heterocycles. The van der Waals surface area contributed by atoms with E-state index in [1.165, 1.54) is 0 Å². The predicted octanol–water partition coefficient (Wildman–Crippen LogP) is 4.60. The summed E-state index contributed by atoms with van der Waals surface area (Å²) in [6, 6.07) is 19.1. The molecule has 0 fully saturated rings. The number of amides is 2. The topological polar surface area (TPSA) is 63.2 Å². The number of rotatable bonds is 6. The fraction of sp³-hybridized carbons (Fsp3) is 0.182. The molecule has 5 nitrogen and oxygen atoms in total. The minimum absolute atomic E-state index is 0.233. The third kappa shape index (κ3) is 5.57. The fourth-order valence-electron chi connectivity index (χ4n) is 2.61. The molecule has 1 aromatic heterocycles. The number of carbonyl (C=O) groups is 1. The highest BCUT2D eigenvalue weighted by Gasteiger charge is 2.05. The van der Waals surface area contributed by atoms with Crippen LogP contribution < -0.4 is 15.4 Å². The lowest BCUT2D eigenvalue weighted by Gasteiger charge is -2.11. The highest BCUT2D eigenvalue weighted by Crippen LogP contribution is 2.17. The Morgan fingerprint density at radius 3 is 2.74 bits per heavy atom. The van der Waals surface area contributed by atoms with E-state index in [4.69, 9.17) is 4.74 Å². The predicted molar refractivity (Wildman–Crippen MR) is 107 cm³/mol. The monoisotopic (exact) mass is 361 g/mol. The Balaban J connectivity index is 1.53. The molecule has 5 heteroatoms. The molecule has 0 spiro atoms. The Morgan fingerprint density at radius 1 is 1.04 bits per heavy atom. The lowest BCUT2D eigenvalue weighted by atomic mass is 10.1. The van der Waals surface area contributed by atoms with E-state index in [1.807, 2.05) is 74.5 Å². The Labute approximate surface area is 159 Å². The number of ether oxygens (including phenoxy) is 1. The van der Waals surface area contributed by atoms with E-state index in [0.29, 0.717) is 13.2 Å². The smallest absolute Gasteiger partial charge is 0.319 e. The van der Waals surface area contributed by atoms with Crippen LogP contribution in [0, 0.1) is 13.8 Å². The maximum atomic E-state index is 12.2. The number of hydrogen-bond donors (Lipinski definition) is 2. The summed E-state index contributed by atoms with van der Waals surface area (Å²) in [5.41, 5.74) is 4.79. The van der Waals surface area contributed by atoms with E-state index in [2.05, 4.69) is 15.6 Å². The molecular weight excluding hydrogens is 338 g/mol. The van der Waals surface area contributed by atoms with E-state index >= 15 is 0 Å². The summed E-state index contributed by atoms with van der Waals surface area (Å²) >= 11 is 0. The number of nitrogens with one attached hydrogen (secondary N) is 2. The zero-order chi connectivity index (χ0) is 19.1. The molecular formula is C22H23N3O2. The van der Waals surface area contributed by atoms with Crippen molar-refractivity contribution in [2.45, 2.75) is 27.0 Å². The molecule has 2 aromatic carbocycles. The van der Waals surface area contributed by atoms with Gasteiger partial charge in [-0.15, -0.1) is 0 Å². The molecule has 0 saturated carbocycles. The molecule has 0 atom stereocenters. The van der Waals surface area contributed by atoms with Gasteiger partial charge in [0.05, 0.1) is 5.69 Å².